The van der Waals surface area contributed by atoms with Crippen molar-refractivity contribution in [3.63, 3.8) is 0 Å². The molecule has 3 nitrogen and oxygen atoms in total. The van der Waals surface area contributed by atoms with Crippen LogP contribution in [0.1, 0.15) is 5.56 Å². The number of carbonyl (C=O) groups is 1. The quantitative estimate of drug-likeness (QED) is 0.720. The molecule has 70 valence electrons. The van der Waals surface area contributed by atoms with E-state index in [0.717, 1.165) is 11.3 Å². The second-order valence-corrected chi connectivity index (χ2v) is 2.81. The van der Waals surface area contributed by atoms with Crippen molar-refractivity contribution in [3.8, 4) is 0 Å². The van der Waals surface area contributed by atoms with Crippen molar-refractivity contribution in [2.45, 2.75) is 6.54 Å². The zero-order valence-corrected chi connectivity index (χ0v) is 7.84. The number of hydrogen-bond donors (Lipinski definition) is 2. The van der Waals surface area contributed by atoms with E-state index in [1.165, 1.54) is 0 Å². The van der Waals surface area contributed by atoms with Gasteiger partial charge in [-0.25, -0.2) is 0 Å². The summed E-state index contributed by atoms with van der Waals surface area (Å²) in [6.07, 6.45) is 0. The molecule has 0 spiro atoms. The van der Waals surface area contributed by atoms with Crippen LogP contribution >= 0.6 is 11.6 Å². The first kappa shape index (κ1) is 10.0. The largest absolute Gasteiger partial charge is 0.326 e. The molecule has 0 saturated heterocycles. The molecule has 4 heteroatoms. The lowest BCUT2D eigenvalue weighted by Crippen LogP contribution is -2.14. The summed E-state index contributed by atoms with van der Waals surface area (Å²) in [5.74, 6) is -0.263. The van der Waals surface area contributed by atoms with Crippen LogP contribution in [-0.2, 0) is 11.3 Å². The third kappa shape index (κ3) is 2.72. The molecule has 1 aromatic carbocycles. The number of alkyl halides is 1. The molecule has 0 aliphatic rings. The Morgan fingerprint density at radius 1 is 1.46 bits per heavy atom. The van der Waals surface area contributed by atoms with Gasteiger partial charge in [0.2, 0.25) is 5.91 Å². The smallest absolute Gasteiger partial charge is 0.239 e. The number of amides is 1. The molecular formula is C9H11ClN2O. The van der Waals surface area contributed by atoms with E-state index < -0.39 is 0 Å². The minimum Gasteiger partial charge on any atom is -0.326 e. The maximum absolute atomic E-state index is 11.0. The molecule has 0 saturated carbocycles. The van der Waals surface area contributed by atoms with E-state index in [2.05, 4.69) is 5.32 Å². The molecule has 0 atom stereocenters. The molecule has 0 heterocycles. The predicted octanol–water partition coefficient (Wildman–Crippen LogP) is 1.32. The first-order valence-electron chi connectivity index (χ1n) is 3.91. The first-order chi connectivity index (χ1) is 6.27. The number of carbonyl (C=O) groups excluding carboxylic acids is 1. The highest BCUT2D eigenvalue weighted by Crippen LogP contribution is 2.13. The number of halogens is 1. The van der Waals surface area contributed by atoms with Crippen molar-refractivity contribution in [2.24, 2.45) is 5.73 Å². The lowest BCUT2D eigenvalue weighted by Gasteiger charge is -2.07. The molecule has 0 aromatic heterocycles. The fraction of sp³-hybridized carbons (Fsp3) is 0.222. The van der Waals surface area contributed by atoms with Crippen LogP contribution in [0.3, 0.4) is 0 Å². The molecule has 3 N–H and O–H groups in total. The fourth-order valence-electron chi connectivity index (χ4n) is 1.00. The summed E-state index contributed by atoms with van der Waals surface area (Å²) < 4.78 is 0. The molecule has 1 amide bonds. The minimum atomic E-state index is -0.220. The molecule has 0 bridgehead atoms. The molecule has 1 aromatic rings. The highest BCUT2D eigenvalue weighted by atomic mass is 35.5. The third-order valence-electron chi connectivity index (χ3n) is 1.63. The molecular weight excluding hydrogens is 188 g/mol. The molecule has 13 heavy (non-hydrogen) atoms. The monoisotopic (exact) mass is 198 g/mol. The number of nitrogens with two attached hydrogens (primary N) is 1. The van der Waals surface area contributed by atoms with Gasteiger partial charge >= 0.3 is 0 Å². The number of rotatable bonds is 3. The fourth-order valence-corrected chi connectivity index (χ4v) is 1.07. The van der Waals surface area contributed by atoms with Crippen molar-refractivity contribution in [1.82, 2.24) is 0 Å². The summed E-state index contributed by atoms with van der Waals surface area (Å²) in [4.78, 5) is 11.0. The summed E-state index contributed by atoms with van der Waals surface area (Å²) in [5.41, 5.74) is 7.12. The standard InChI is InChI=1S/C9H11ClN2O/c10-5-9(13)12-8-4-2-1-3-7(8)6-11/h1-4H,5-6,11H2,(H,12,13). The zero-order valence-electron chi connectivity index (χ0n) is 7.09. The Labute approximate surface area is 81.9 Å². The van der Waals surface area contributed by atoms with Crippen molar-refractivity contribution in [3.05, 3.63) is 29.8 Å². The Hall–Kier alpha value is -1.06. The highest BCUT2D eigenvalue weighted by Gasteiger charge is 2.02. The summed E-state index contributed by atoms with van der Waals surface area (Å²) in [7, 11) is 0. The van der Waals surface area contributed by atoms with Gasteiger partial charge in [0.1, 0.15) is 5.88 Å². The van der Waals surface area contributed by atoms with Crippen molar-refractivity contribution < 1.29 is 4.79 Å². The second-order valence-electron chi connectivity index (χ2n) is 2.54. The third-order valence-corrected chi connectivity index (χ3v) is 1.88. The van der Waals surface area contributed by atoms with Crippen LogP contribution in [0.25, 0.3) is 0 Å². The first-order valence-corrected chi connectivity index (χ1v) is 4.45. The average molecular weight is 199 g/mol. The number of hydrogen-bond acceptors (Lipinski definition) is 2. The van der Waals surface area contributed by atoms with Gasteiger partial charge in [0.25, 0.3) is 0 Å². The number of benzene rings is 1. The van der Waals surface area contributed by atoms with Crippen LogP contribution in [0.2, 0.25) is 0 Å². The van der Waals surface area contributed by atoms with Crippen LogP contribution in [-0.4, -0.2) is 11.8 Å². The Balaban J connectivity index is 2.81. The van der Waals surface area contributed by atoms with Crippen molar-refractivity contribution >= 4 is 23.2 Å². The SMILES string of the molecule is NCc1ccccc1NC(=O)CCl. The van der Waals surface area contributed by atoms with Gasteiger partial charge in [0, 0.05) is 12.2 Å². The van der Waals surface area contributed by atoms with Crippen molar-refractivity contribution in [2.75, 3.05) is 11.2 Å². The molecule has 0 radical (unpaired) electrons. The second kappa shape index (κ2) is 4.84. The number of anilines is 1. The van der Waals surface area contributed by atoms with Gasteiger partial charge in [0.05, 0.1) is 0 Å². The zero-order chi connectivity index (χ0) is 9.68. The molecule has 1 rings (SSSR count). The summed E-state index contributed by atoms with van der Waals surface area (Å²) in [6.45, 7) is 0.402. The van der Waals surface area contributed by atoms with Gasteiger partial charge in [-0.15, -0.1) is 11.6 Å². The topological polar surface area (TPSA) is 55.1 Å². The number of nitrogens with one attached hydrogen (secondary N) is 1. The minimum absolute atomic E-state index is 0.0428. The Morgan fingerprint density at radius 3 is 2.77 bits per heavy atom. The van der Waals surface area contributed by atoms with Gasteiger partial charge in [0.15, 0.2) is 0 Å². The lowest BCUT2D eigenvalue weighted by atomic mass is 10.2. The van der Waals surface area contributed by atoms with Gasteiger partial charge in [-0.2, -0.15) is 0 Å². The van der Waals surface area contributed by atoms with Crippen LogP contribution < -0.4 is 11.1 Å². The van der Waals surface area contributed by atoms with E-state index in [9.17, 15) is 4.79 Å². The lowest BCUT2D eigenvalue weighted by molar-refractivity contribution is -0.113. The van der Waals surface area contributed by atoms with Crippen molar-refractivity contribution in [1.29, 1.82) is 0 Å². The summed E-state index contributed by atoms with van der Waals surface area (Å²) >= 11 is 5.35. The highest BCUT2D eigenvalue weighted by molar-refractivity contribution is 6.29. The normalized spacial score (nSPS) is 9.69. The molecule has 0 unspecified atom stereocenters. The van der Waals surface area contributed by atoms with E-state index in [1.54, 1.807) is 6.07 Å². The van der Waals surface area contributed by atoms with E-state index in [-0.39, 0.29) is 11.8 Å². The van der Waals surface area contributed by atoms with Crippen LogP contribution in [0, 0.1) is 0 Å². The van der Waals surface area contributed by atoms with Crippen LogP contribution in [0.4, 0.5) is 5.69 Å². The summed E-state index contributed by atoms with van der Waals surface area (Å²) in [5, 5.41) is 2.66. The maximum atomic E-state index is 11.0. The van der Waals surface area contributed by atoms with E-state index in [4.69, 9.17) is 17.3 Å². The predicted molar refractivity (Wildman–Crippen MR) is 53.7 cm³/mol. The molecule has 0 fully saturated rings. The van der Waals surface area contributed by atoms with E-state index >= 15 is 0 Å². The Bertz CT molecular complexity index is 301. The van der Waals surface area contributed by atoms with Crippen LogP contribution in [0.15, 0.2) is 24.3 Å². The average Bonchev–Trinajstić information content (AvgIpc) is 2.18. The summed E-state index contributed by atoms with van der Waals surface area (Å²) in [6, 6.07) is 7.37. The van der Waals surface area contributed by atoms with Gasteiger partial charge in [-0.1, -0.05) is 18.2 Å². The van der Waals surface area contributed by atoms with Gasteiger partial charge in [-0.05, 0) is 11.6 Å². The maximum Gasteiger partial charge on any atom is 0.239 e. The number of para-hydroxylation sites is 1. The van der Waals surface area contributed by atoms with E-state index in [0.29, 0.717) is 6.54 Å². The Morgan fingerprint density at radius 2 is 2.15 bits per heavy atom. The molecule has 0 aliphatic carbocycles. The van der Waals surface area contributed by atoms with E-state index in [1.807, 2.05) is 18.2 Å². The Kier molecular flexibility index (Phi) is 3.73. The van der Waals surface area contributed by atoms with Crippen LogP contribution in [0.5, 0.6) is 0 Å². The molecule has 0 aliphatic heterocycles. The van der Waals surface area contributed by atoms with Gasteiger partial charge in [-0.3, -0.25) is 4.79 Å². The van der Waals surface area contributed by atoms with Gasteiger partial charge < -0.3 is 11.1 Å².